The van der Waals surface area contributed by atoms with E-state index in [1.54, 1.807) is 0 Å². The fourth-order valence-corrected chi connectivity index (χ4v) is 0.604. The first-order chi connectivity index (χ1) is 4.83. The summed E-state index contributed by atoms with van der Waals surface area (Å²) in [7, 11) is 0. The zero-order chi connectivity index (χ0) is 8.70. The standard InChI is InChI=1S/C6H9Cl/c7-6-4-2-1-3-5-6/h1-2,6H,3-5H2/i3D2,4D2. The lowest BCUT2D eigenvalue weighted by atomic mass is 10.1. The van der Waals surface area contributed by atoms with Crippen molar-refractivity contribution in [2.24, 2.45) is 0 Å². The van der Waals surface area contributed by atoms with Crippen LogP contribution in [0.15, 0.2) is 12.2 Å². The van der Waals surface area contributed by atoms with Crippen LogP contribution in [0.5, 0.6) is 0 Å². The molecule has 1 aliphatic carbocycles. The molecule has 0 N–H and O–H groups in total. The lowest BCUT2D eigenvalue weighted by Crippen LogP contribution is -1.98. The average molecular weight is 121 g/mol. The van der Waals surface area contributed by atoms with Gasteiger partial charge in [0.15, 0.2) is 0 Å². The van der Waals surface area contributed by atoms with Gasteiger partial charge in [0.2, 0.25) is 0 Å². The fraction of sp³-hybridized carbons (Fsp3) is 0.667. The van der Waals surface area contributed by atoms with E-state index in [9.17, 15) is 0 Å². The minimum Gasteiger partial charge on any atom is -0.123 e. The zero-order valence-corrected chi connectivity index (χ0v) is 4.57. The van der Waals surface area contributed by atoms with Crippen LogP contribution >= 0.6 is 11.6 Å². The van der Waals surface area contributed by atoms with E-state index in [0.29, 0.717) is 0 Å². The van der Waals surface area contributed by atoms with Crippen LogP contribution in [0, 0.1) is 0 Å². The van der Waals surface area contributed by atoms with Gasteiger partial charge in [-0.15, -0.1) is 11.6 Å². The van der Waals surface area contributed by atoms with E-state index in [1.807, 2.05) is 0 Å². The Hall–Kier alpha value is 0.0300. The quantitative estimate of drug-likeness (QED) is 0.340. The molecule has 0 bridgehead atoms. The summed E-state index contributed by atoms with van der Waals surface area (Å²) in [5.41, 5.74) is 0. The van der Waals surface area contributed by atoms with E-state index >= 15 is 0 Å². The van der Waals surface area contributed by atoms with E-state index in [4.69, 9.17) is 17.1 Å². The molecule has 0 amide bonds. The molecule has 1 unspecified atom stereocenters. The molecule has 40 valence electrons. The van der Waals surface area contributed by atoms with E-state index in [-0.39, 0.29) is 6.42 Å². The third kappa shape index (κ3) is 1.52. The highest BCUT2D eigenvalue weighted by atomic mass is 35.5. The van der Waals surface area contributed by atoms with Crippen LogP contribution in [0.3, 0.4) is 0 Å². The first-order valence-corrected chi connectivity index (χ1v) is 2.62. The maximum absolute atomic E-state index is 7.29. The summed E-state index contributed by atoms with van der Waals surface area (Å²) in [5, 5.41) is -0.762. The van der Waals surface area contributed by atoms with Gasteiger partial charge in [-0.1, -0.05) is 12.2 Å². The minimum atomic E-state index is -1.56. The van der Waals surface area contributed by atoms with Gasteiger partial charge in [-0.2, -0.15) is 0 Å². The van der Waals surface area contributed by atoms with Crippen LogP contribution in [-0.2, 0) is 0 Å². The molecule has 0 aliphatic heterocycles. The first kappa shape index (κ1) is 2.10. The van der Waals surface area contributed by atoms with Gasteiger partial charge in [0.1, 0.15) is 0 Å². The summed E-state index contributed by atoms with van der Waals surface area (Å²) >= 11 is 5.63. The van der Waals surface area contributed by atoms with Crippen molar-refractivity contribution in [3.05, 3.63) is 12.2 Å². The number of hydrogen-bond acceptors (Lipinski definition) is 0. The Labute approximate surface area is 54.8 Å². The third-order valence-electron chi connectivity index (χ3n) is 0.775. The Kier molecular flexibility index (Phi) is 0.710. The number of rotatable bonds is 0. The predicted octanol–water partition coefficient (Wildman–Crippen LogP) is 2.33. The van der Waals surface area contributed by atoms with Crippen LogP contribution in [0.1, 0.15) is 24.6 Å². The largest absolute Gasteiger partial charge is 0.123 e. The van der Waals surface area contributed by atoms with Crippen LogP contribution in [0.2, 0.25) is 0 Å². The lowest BCUT2D eigenvalue weighted by Gasteiger charge is -2.07. The Bertz CT molecular complexity index is 187. The maximum atomic E-state index is 7.29. The van der Waals surface area contributed by atoms with E-state index in [0.717, 1.165) is 0 Å². The van der Waals surface area contributed by atoms with Crippen LogP contribution in [0.4, 0.5) is 0 Å². The number of hydrogen-bond donors (Lipinski definition) is 0. The highest BCUT2D eigenvalue weighted by molar-refractivity contribution is 6.20. The second-order valence-electron chi connectivity index (χ2n) is 1.38. The van der Waals surface area contributed by atoms with Crippen molar-refractivity contribution in [3.8, 4) is 0 Å². The molecular formula is C6H9Cl. The van der Waals surface area contributed by atoms with Crippen molar-refractivity contribution in [3.63, 3.8) is 0 Å². The van der Waals surface area contributed by atoms with Gasteiger partial charge >= 0.3 is 0 Å². The Balaban J connectivity index is 2.84. The molecule has 0 saturated carbocycles. The molecule has 0 saturated heterocycles. The average Bonchev–Trinajstić information content (AvgIpc) is 1.81. The lowest BCUT2D eigenvalue weighted by molar-refractivity contribution is 0.739. The van der Waals surface area contributed by atoms with Crippen molar-refractivity contribution in [2.75, 3.05) is 0 Å². The van der Waals surface area contributed by atoms with Crippen molar-refractivity contribution < 1.29 is 5.48 Å². The van der Waals surface area contributed by atoms with Crippen molar-refractivity contribution in [1.29, 1.82) is 0 Å². The SMILES string of the molecule is [2H]C1([2H])C=CC([2H])([2H])C(Cl)C1. The zero-order valence-electron chi connectivity index (χ0n) is 7.82. The van der Waals surface area contributed by atoms with Gasteiger partial charge in [-0.05, 0) is 19.2 Å². The first-order valence-electron chi connectivity index (χ1n) is 4.18. The molecule has 7 heavy (non-hydrogen) atoms. The molecule has 0 aromatic rings. The van der Waals surface area contributed by atoms with Crippen LogP contribution in [0.25, 0.3) is 0 Å². The van der Waals surface area contributed by atoms with E-state index < -0.39 is 18.1 Å². The van der Waals surface area contributed by atoms with E-state index in [1.165, 1.54) is 12.2 Å². The van der Waals surface area contributed by atoms with Gasteiger partial charge < -0.3 is 0 Å². The van der Waals surface area contributed by atoms with Crippen molar-refractivity contribution in [1.82, 2.24) is 0 Å². The smallest absolute Gasteiger partial charge is 0.0373 e. The molecule has 1 heteroatoms. The highest BCUT2D eigenvalue weighted by Gasteiger charge is 2.02. The molecule has 0 heterocycles. The van der Waals surface area contributed by atoms with Gasteiger partial charge in [-0.3, -0.25) is 0 Å². The molecule has 0 nitrogen and oxygen atoms in total. The molecule has 1 rings (SSSR count). The monoisotopic (exact) mass is 120 g/mol. The van der Waals surface area contributed by atoms with Crippen molar-refractivity contribution >= 4 is 11.6 Å². The normalized spacial score (nSPS) is 53.6. The summed E-state index contributed by atoms with van der Waals surface area (Å²) in [5.74, 6) is 0. The highest BCUT2D eigenvalue weighted by Crippen LogP contribution is 2.15. The molecule has 0 fully saturated rings. The third-order valence-corrected chi connectivity index (χ3v) is 1.06. The van der Waals surface area contributed by atoms with Gasteiger partial charge in [0.05, 0.1) is 0 Å². The van der Waals surface area contributed by atoms with Gasteiger partial charge in [0, 0.05) is 10.9 Å². The Morgan fingerprint density at radius 2 is 2.57 bits per heavy atom. The fourth-order valence-electron chi connectivity index (χ4n) is 0.442. The molecule has 1 aliphatic rings. The summed E-state index contributed by atoms with van der Waals surface area (Å²) in [6.45, 7) is 0. The number of halogens is 1. The molecule has 0 aromatic carbocycles. The molecular weight excluding hydrogens is 108 g/mol. The Morgan fingerprint density at radius 1 is 1.71 bits per heavy atom. The second-order valence-corrected chi connectivity index (χ2v) is 1.90. The summed E-state index contributed by atoms with van der Waals surface area (Å²) in [4.78, 5) is 0. The van der Waals surface area contributed by atoms with E-state index in [2.05, 4.69) is 0 Å². The van der Waals surface area contributed by atoms with Gasteiger partial charge in [0.25, 0.3) is 0 Å². The van der Waals surface area contributed by atoms with Crippen LogP contribution in [-0.4, -0.2) is 5.38 Å². The van der Waals surface area contributed by atoms with Gasteiger partial charge in [-0.25, -0.2) is 0 Å². The van der Waals surface area contributed by atoms with Crippen molar-refractivity contribution in [2.45, 2.75) is 24.5 Å². The number of allylic oxidation sites excluding steroid dienone is 2. The molecule has 1 atom stereocenters. The Morgan fingerprint density at radius 3 is 3.14 bits per heavy atom. The van der Waals surface area contributed by atoms with Crippen LogP contribution < -0.4 is 0 Å². The number of alkyl halides is 1. The topological polar surface area (TPSA) is 0 Å². The molecule has 0 aromatic heterocycles. The second kappa shape index (κ2) is 2.37. The summed E-state index contributed by atoms with van der Waals surface area (Å²) in [6.07, 6.45) is -0.525. The molecule has 0 radical (unpaired) electrons. The molecule has 0 spiro atoms. The summed E-state index contributed by atoms with van der Waals surface area (Å²) in [6, 6.07) is 0. The minimum absolute atomic E-state index is 0.0397. The summed E-state index contributed by atoms with van der Waals surface area (Å²) < 4.78 is 29.1. The predicted molar refractivity (Wildman–Crippen MR) is 32.6 cm³/mol. The maximum Gasteiger partial charge on any atom is 0.0373 e.